The van der Waals surface area contributed by atoms with Gasteiger partial charge in [-0.2, -0.15) is 12.6 Å². The van der Waals surface area contributed by atoms with Gasteiger partial charge in [0.05, 0.1) is 6.04 Å². The maximum Gasteiger partial charge on any atom is 0.326 e. The highest BCUT2D eigenvalue weighted by molar-refractivity contribution is 7.80. The van der Waals surface area contributed by atoms with E-state index in [0.29, 0.717) is 5.56 Å². The number of phenols is 1. The van der Waals surface area contributed by atoms with Crippen LogP contribution in [0.1, 0.15) is 25.0 Å². The number of nitrogens with two attached hydrogens (primary N) is 1. The van der Waals surface area contributed by atoms with Crippen LogP contribution in [0.15, 0.2) is 54.6 Å². The van der Waals surface area contributed by atoms with E-state index in [1.807, 2.05) is 6.07 Å². The number of benzene rings is 2. The molecule has 2 aromatic rings. The van der Waals surface area contributed by atoms with Crippen LogP contribution in [0.2, 0.25) is 0 Å². The van der Waals surface area contributed by atoms with Crippen LogP contribution in [0.5, 0.6) is 5.75 Å². The first kappa shape index (κ1) is 29.7. The van der Waals surface area contributed by atoms with Gasteiger partial charge in [-0.3, -0.25) is 14.4 Å². The fourth-order valence-corrected chi connectivity index (χ4v) is 3.70. The lowest BCUT2D eigenvalue weighted by Crippen LogP contribution is -2.59. The molecule has 10 nitrogen and oxygen atoms in total. The Labute approximate surface area is 221 Å². The van der Waals surface area contributed by atoms with Gasteiger partial charge >= 0.3 is 5.97 Å². The molecule has 3 amide bonds. The van der Waals surface area contributed by atoms with Gasteiger partial charge < -0.3 is 31.9 Å². The third-order valence-electron chi connectivity index (χ3n) is 5.69. The second kappa shape index (κ2) is 14.2. The van der Waals surface area contributed by atoms with Crippen LogP contribution in [0.3, 0.4) is 0 Å². The fraction of sp³-hybridized carbons (Fsp3) is 0.385. The van der Waals surface area contributed by atoms with Crippen molar-refractivity contribution < 1.29 is 29.4 Å². The first-order chi connectivity index (χ1) is 17.5. The monoisotopic (exact) mass is 530 g/mol. The van der Waals surface area contributed by atoms with Crippen LogP contribution in [0.4, 0.5) is 0 Å². The molecule has 0 bridgehead atoms. The number of aliphatic carboxylic acids is 1. The minimum Gasteiger partial charge on any atom is -0.508 e. The average Bonchev–Trinajstić information content (AvgIpc) is 2.87. The lowest BCUT2D eigenvalue weighted by atomic mass is 9.99. The fourth-order valence-electron chi connectivity index (χ4n) is 3.54. The number of thiol groups is 1. The molecular weight excluding hydrogens is 496 g/mol. The number of aromatic hydroxyl groups is 1. The Balaban J connectivity index is 2.18. The summed E-state index contributed by atoms with van der Waals surface area (Å²) >= 11 is 4.03. The highest BCUT2D eigenvalue weighted by atomic mass is 32.1. The van der Waals surface area contributed by atoms with Crippen molar-refractivity contribution in [1.82, 2.24) is 16.0 Å². The summed E-state index contributed by atoms with van der Waals surface area (Å²) in [6, 6.07) is 10.7. The zero-order valence-corrected chi connectivity index (χ0v) is 21.7. The number of amides is 3. The zero-order chi connectivity index (χ0) is 27.5. The molecule has 4 atom stereocenters. The van der Waals surface area contributed by atoms with Crippen LogP contribution < -0.4 is 21.7 Å². The van der Waals surface area contributed by atoms with Crippen molar-refractivity contribution in [3.63, 3.8) is 0 Å². The van der Waals surface area contributed by atoms with Crippen molar-refractivity contribution in [1.29, 1.82) is 0 Å². The molecule has 2 rings (SSSR count). The van der Waals surface area contributed by atoms with E-state index in [0.717, 1.165) is 5.56 Å². The smallest absolute Gasteiger partial charge is 0.326 e. The Bertz CT molecular complexity index is 1060. The van der Waals surface area contributed by atoms with E-state index < -0.39 is 47.9 Å². The molecule has 0 fully saturated rings. The molecule has 11 heteroatoms. The Morgan fingerprint density at radius 2 is 1.35 bits per heavy atom. The SMILES string of the molecule is CC(C)C(NC(=O)C(Cc1ccccc1)NC(=O)C(N)CS)C(=O)NC(Cc1ccc(O)cc1)C(=O)O. The molecular formula is C26H34N4O6S. The largest absolute Gasteiger partial charge is 0.508 e. The molecule has 0 aliphatic heterocycles. The normalized spacial score (nSPS) is 14.2. The average molecular weight is 531 g/mol. The molecule has 0 saturated heterocycles. The summed E-state index contributed by atoms with van der Waals surface area (Å²) in [7, 11) is 0. The molecule has 0 aromatic heterocycles. The van der Waals surface area contributed by atoms with Gasteiger partial charge in [0.2, 0.25) is 17.7 Å². The lowest BCUT2D eigenvalue weighted by molar-refractivity contribution is -0.142. The van der Waals surface area contributed by atoms with Crippen LogP contribution in [-0.2, 0) is 32.0 Å². The number of hydrogen-bond donors (Lipinski definition) is 7. The van der Waals surface area contributed by atoms with Gasteiger partial charge in [0.25, 0.3) is 0 Å². The minimum absolute atomic E-state index is 0.0194. The topological polar surface area (TPSA) is 171 Å². The second-order valence-corrected chi connectivity index (χ2v) is 9.41. The predicted molar refractivity (Wildman–Crippen MR) is 142 cm³/mol. The molecule has 2 aromatic carbocycles. The standard InChI is InChI=1S/C26H34N4O6S/c1-15(2)22(25(34)29-21(26(35)36)13-17-8-10-18(31)11-9-17)30-24(33)20(28-23(32)19(27)14-37)12-16-6-4-3-5-7-16/h3-11,15,19-22,31,37H,12-14,27H2,1-2H3,(H,28,32)(H,29,34)(H,30,33)(H,35,36). The van der Waals surface area contributed by atoms with E-state index in [-0.39, 0.29) is 30.3 Å². The third-order valence-corrected chi connectivity index (χ3v) is 6.08. The van der Waals surface area contributed by atoms with Gasteiger partial charge in [-0.25, -0.2) is 4.79 Å². The molecule has 0 saturated carbocycles. The quantitative estimate of drug-likeness (QED) is 0.186. The summed E-state index contributed by atoms with van der Waals surface area (Å²) in [5.74, 6) is -3.36. The number of carboxylic acids is 1. The lowest BCUT2D eigenvalue weighted by Gasteiger charge is -2.27. The highest BCUT2D eigenvalue weighted by Crippen LogP contribution is 2.12. The van der Waals surface area contributed by atoms with Crippen LogP contribution in [0, 0.1) is 5.92 Å². The zero-order valence-electron chi connectivity index (χ0n) is 20.8. The maximum absolute atomic E-state index is 13.3. The summed E-state index contributed by atoms with van der Waals surface area (Å²) in [5, 5.41) is 26.9. The number of rotatable bonds is 13. The van der Waals surface area contributed by atoms with E-state index in [4.69, 9.17) is 5.73 Å². The molecule has 0 aliphatic carbocycles. The molecule has 0 radical (unpaired) electrons. The van der Waals surface area contributed by atoms with Crippen LogP contribution in [-0.4, -0.2) is 63.8 Å². The minimum atomic E-state index is -1.26. The van der Waals surface area contributed by atoms with Crippen molar-refractivity contribution >= 4 is 36.3 Å². The van der Waals surface area contributed by atoms with Gasteiger partial charge in [0.1, 0.15) is 23.9 Å². The van der Waals surface area contributed by atoms with Crippen LogP contribution >= 0.6 is 12.6 Å². The van der Waals surface area contributed by atoms with E-state index in [1.54, 1.807) is 50.2 Å². The molecule has 37 heavy (non-hydrogen) atoms. The van der Waals surface area contributed by atoms with Gasteiger partial charge in [0, 0.05) is 18.6 Å². The predicted octanol–water partition coefficient (Wildman–Crippen LogP) is 0.630. The summed E-state index contributed by atoms with van der Waals surface area (Å²) in [5.41, 5.74) is 7.14. The summed E-state index contributed by atoms with van der Waals surface area (Å²) in [4.78, 5) is 50.6. The van der Waals surface area contributed by atoms with E-state index in [2.05, 4.69) is 28.6 Å². The van der Waals surface area contributed by atoms with E-state index in [1.165, 1.54) is 12.1 Å². The Morgan fingerprint density at radius 1 is 0.811 bits per heavy atom. The van der Waals surface area contributed by atoms with Crippen molar-refractivity contribution in [2.75, 3.05) is 5.75 Å². The van der Waals surface area contributed by atoms with Gasteiger partial charge in [0.15, 0.2) is 0 Å². The van der Waals surface area contributed by atoms with Crippen LogP contribution in [0.25, 0.3) is 0 Å². The number of phenolic OH excluding ortho intramolecular Hbond substituents is 1. The van der Waals surface area contributed by atoms with Gasteiger partial charge in [-0.05, 0) is 29.2 Å². The summed E-state index contributed by atoms with van der Waals surface area (Å²) < 4.78 is 0. The Kier molecular flexibility index (Phi) is 11.4. The van der Waals surface area contributed by atoms with Crippen molar-refractivity contribution in [2.24, 2.45) is 11.7 Å². The van der Waals surface area contributed by atoms with Gasteiger partial charge in [-0.1, -0.05) is 56.3 Å². The first-order valence-electron chi connectivity index (χ1n) is 11.8. The molecule has 200 valence electrons. The highest BCUT2D eigenvalue weighted by Gasteiger charge is 2.32. The van der Waals surface area contributed by atoms with Crippen molar-refractivity contribution in [3.05, 3.63) is 65.7 Å². The van der Waals surface area contributed by atoms with E-state index in [9.17, 15) is 29.4 Å². The number of nitrogens with one attached hydrogen (secondary N) is 3. The molecule has 0 aliphatic rings. The molecule has 7 N–H and O–H groups in total. The number of carboxylic acid groups (broad SMARTS) is 1. The molecule has 0 spiro atoms. The second-order valence-electron chi connectivity index (χ2n) is 9.04. The summed E-state index contributed by atoms with van der Waals surface area (Å²) in [6.45, 7) is 3.42. The maximum atomic E-state index is 13.3. The Hall–Kier alpha value is -3.57. The number of carbonyl (C=O) groups is 4. The summed E-state index contributed by atoms with van der Waals surface area (Å²) in [6.07, 6.45) is 0.136. The number of carbonyl (C=O) groups excluding carboxylic acids is 3. The Morgan fingerprint density at radius 3 is 1.89 bits per heavy atom. The van der Waals surface area contributed by atoms with E-state index >= 15 is 0 Å². The van der Waals surface area contributed by atoms with Crippen molar-refractivity contribution in [3.8, 4) is 5.75 Å². The number of hydrogen-bond acceptors (Lipinski definition) is 7. The van der Waals surface area contributed by atoms with Crippen molar-refractivity contribution in [2.45, 2.75) is 50.9 Å². The molecule has 0 heterocycles. The third kappa shape index (κ3) is 9.43. The van der Waals surface area contributed by atoms with Gasteiger partial charge in [-0.15, -0.1) is 0 Å². The first-order valence-corrected chi connectivity index (χ1v) is 12.5. The molecule has 4 unspecified atom stereocenters.